The highest BCUT2D eigenvalue weighted by Crippen LogP contribution is 2.30. The molecule has 5 nitrogen and oxygen atoms in total. The molecule has 0 saturated heterocycles. The van der Waals surface area contributed by atoms with Crippen molar-refractivity contribution in [2.75, 3.05) is 0 Å². The van der Waals surface area contributed by atoms with E-state index < -0.39 is 21.4 Å². The topological polar surface area (TPSA) is 69.2 Å². The number of aromatic nitrogens is 2. The first kappa shape index (κ1) is 15.5. The molecule has 0 amide bonds. The lowest BCUT2D eigenvalue weighted by atomic mass is 10.0. The van der Waals surface area contributed by atoms with Crippen molar-refractivity contribution in [3.63, 3.8) is 0 Å². The Morgan fingerprint density at radius 3 is 2.48 bits per heavy atom. The van der Waals surface area contributed by atoms with Crippen LogP contribution in [0.4, 0.5) is 13.2 Å². The van der Waals surface area contributed by atoms with Crippen LogP contribution in [-0.4, -0.2) is 24.1 Å². The van der Waals surface area contributed by atoms with Gasteiger partial charge in [0.2, 0.25) is 0 Å². The summed E-state index contributed by atoms with van der Waals surface area (Å²) in [6.07, 6.45) is 1.33. The van der Waals surface area contributed by atoms with E-state index in [0.29, 0.717) is 16.5 Å². The molecule has 1 aromatic heterocycles. The molecule has 0 spiro atoms. The second-order valence-electron chi connectivity index (χ2n) is 4.62. The Labute approximate surface area is 118 Å². The molecule has 0 bridgehead atoms. The van der Waals surface area contributed by atoms with Gasteiger partial charge < -0.3 is 4.18 Å². The summed E-state index contributed by atoms with van der Waals surface area (Å²) < 4.78 is 62.8. The Bertz CT molecular complexity index is 773. The first-order valence-corrected chi connectivity index (χ1v) is 7.29. The number of fused-ring (bicyclic) bond motifs is 1. The average molecular weight is 320 g/mol. The summed E-state index contributed by atoms with van der Waals surface area (Å²) in [5, 5.41) is 8.83. The molecule has 0 unspecified atom stereocenters. The summed E-state index contributed by atoms with van der Waals surface area (Å²) in [6, 6.07) is 3.79. The Balaban J connectivity index is 2.46. The van der Waals surface area contributed by atoms with E-state index in [2.05, 4.69) is 14.4 Å². The highest BCUT2D eigenvalue weighted by atomic mass is 32.2. The molecule has 0 aliphatic rings. The van der Waals surface area contributed by atoms with Crippen molar-refractivity contribution in [2.24, 2.45) is 0 Å². The Morgan fingerprint density at radius 2 is 1.90 bits per heavy atom. The van der Waals surface area contributed by atoms with E-state index >= 15 is 0 Å². The zero-order valence-electron chi connectivity index (χ0n) is 11.0. The summed E-state index contributed by atoms with van der Waals surface area (Å²) in [6.45, 7) is 3.78. The van der Waals surface area contributed by atoms with Crippen LogP contribution in [-0.2, 0) is 10.1 Å². The summed E-state index contributed by atoms with van der Waals surface area (Å²) in [4.78, 5) is 0. The second kappa shape index (κ2) is 5.14. The van der Waals surface area contributed by atoms with Crippen LogP contribution in [0.2, 0.25) is 0 Å². The Kier molecular flexibility index (Phi) is 3.79. The molecule has 0 saturated carbocycles. The van der Waals surface area contributed by atoms with E-state index in [-0.39, 0.29) is 5.92 Å². The van der Waals surface area contributed by atoms with Crippen LogP contribution in [0.1, 0.15) is 25.5 Å². The van der Waals surface area contributed by atoms with Gasteiger partial charge in [-0.25, -0.2) is 0 Å². The van der Waals surface area contributed by atoms with Crippen LogP contribution in [0.25, 0.3) is 10.8 Å². The predicted octanol–water partition coefficient (Wildman–Crippen LogP) is 2.98. The Morgan fingerprint density at radius 1 is 1.24 bits per heavy atom. The summed E-state index contributed by atoms with van der Waals surface area (Å²) in [7, 11) is -5.68. The minimum Gasteiger partial charge on any atom is -0.376 e. The van der Waals surface area contributed by atoms with Gasteiger partial charge >= 0.3 is 15.6 Å². The normalized spacial score (nSPS) is 12.9. The van der Waals surface area contributed by atoms with Crippen molar-refractivity contribution in [3.8, 4) is 5.75 Å². The molecule has 2 rings (SSSR count). The van der Waals surface area contributed by atoms with E-state index in [1.54, 1.807) is 0 Å². The van der Waals surface area contributed by atoms with Crippen molar-refractivity contribution in [1.82, 2.24) is 10.2 Å². The van der Waals surface area contributed by atoms with Crippen molar-refractivity contribution in [3.05, 3.63) is 30.1 Å². The third kappa shape index (κ3) is 3.07. The monoisotopic (exact) mass is 320 g/mol. The first-order chi connectivity index (χ1) is 9.62. The van der Waals surface area contributed by atoms with Crippen LogP contribution in [0.15, 0.2) is 24.4 Å². The van der Waals surface area contributed by atoms with Crippen LogP contribution < -0.4 is 4.18 Å². The zero-order valence-corrected chi connectivity index (χ0v) is 11.9. The summed E-state index contributed by atoms with van der Waals surface area (Å²) >= 11 is 0. The molecular formula is C12H11F3N2O3S. The number of hydrogen-bond acceptors (Lipinski definition) is 5. The third-order valence-electron chi connectivity index (χ3n) is 2.70. The third-order valence-corrected chi connectivity index (χ3v) is 3.68. The summed E-state index contributed by atoms with van der Waals surface area (Å²) in [5.41, 5.74) is -4.81. The van der Waals surface area contributed by atoms with Crippen LogP contribution >= 0.6 is 0 Å². The van der Waals surface area contributed by atoms with Crippen molar-refractivity contribution in [1.29, 1.82) is 0 Å². The maximum Gasteiger partial charge on any atom is 0.534 e. The van der Waals surface area contributed by atoms with Crippen molar-refractivity contribution >= 4 is 20.9 Å². The van der Waals surface area contributed by atoms with Gasteiger partial charge in [0.15, 0.2) is 0 Å². The van der Waals surface area contributed by atoms with Gasteiger partial charge in [-0.3, -0.25) is 0 Å². The molecule has 0 N–H and O–H groups in total. The van der Waals surface area contributed by atoms with Crippen molar-refractivity contribution < 1.29 is 25.8 Å². The Hall–Kier alpha value is -1.90. The second-order valence-corrected chi connectivity index (χ2v) is 6.15. The molecule has 1 heterocycles. The van der Waals surface area contributed by atoms with E-state index in [1.165, 1.54) is 18.3 Å². The van der Waals surface area contributed by atoms with Crippen molar-refractivity contribution in [2.45, 2.75) is 25.3 Å². The number of halogens is 3. The van der Waals surface area contributed by atoms with Gasteiger partial charge in [-0.05, 0) is 24.1 Å². The number of nitrogens with zero attached hydrogens (tertiary/aromatic N) is 2. The van der Waals surface area contributed by atoms with Crippen LogP contribution in [0, 0.1) is 0 Å². The van der Waals surface area contributed by atoms with Gasteiger partial charge in [-0.15, -0.1) is 0 Å². The lowest BCUT2D eigenvalue weighted by Crippen LogP contribution is -2.28. The molecule has 0 fully saturated rings. The number of benzene rings is 1. The summed E-state index contributed by atoms with van der Waals surface area (Å²) in [5.74, 6) is -0.366. The molecular weight excluding hydrogens is 309 g/mol. The SMILES string of the molecule is CC(C)c1nncc2cc(OS(=O)(=O)C(F)(F)F)ccc12. The largest absolute Gasteiger partial charge is 0.534 e. The maximum atomic E-state index is 12.3. The molecule has 0 radical (unpaired) electrons. The fourth-order valence-electron chi connectivity index (χ4n) is 1.74. The highest BCUT2D eigenvalue weighted by molar-refractivity contribution is 7.88. The van der Waals surface area contributed by atoms with E-state index in [1.807, 2.05) is 13.8 Å². The van der Waals surface area contributed by atoms with E-state index in [9.17, 15) is 21.6 Å². The maximum absolute atomic E-state index is 12.3. The molecule has 1 aromatic carbocycles. The first-order valence-electron chi connectivity index (χ1n) is 5.88. The zero-order chi connectivity index (χ0) is 15.8. The van der Waals surface area contributed by atoms with Gasteiger partial charge in [0.1, 0.15) is 5.75 Å². The highest BCUT2D eigenvalue weighted by Gasteiger charge is 2.48. The van der Waals surface area contributed by atoms with Crippen LogP contribution in [0.3, 0.4) is 0 Å². The quantitative estimate of drug-likeness (QED) is 0.642. The minimum absolute atomic E-state index is 0.0619. The molecule has 21 heavy (non-hydrogen) atoms. The molecule has 114 valence electrons. The van der Waals surface area contributed by atoms with Gasteiger partial charge in [0, 0.05) is 10.8 Å². The van der Waals surface area contributed by atoms with E-state index in [4.69, 9.17) is 0 Å². The molecule has 2 aromatic rings. The number of hydrogen-bond donors (Lipinski definition) is 0. The fourth-order valence-corrected chi connectivity index (χ4v) is 2.19. The van der Waals surface area contributed by atoms with E-state index in [0.717, 1.165) is 6.07 Å². The molecule has 9 heteroatoms. The minimum atomic E-state index is -5.68. The molecule has 0 aliphatic carbocycles. The van der Waals surface area contributed by atoms with Gasteiger partial charge in [0.05, 0.1) is 11.9 Å². The average Bonchev–Trinajstić information content (AvgIpc) is 2.35. The van der Waals surface area contributed by atoms with Gasteiger partial charge in [0.25, 0.3) is 0 Å². The fraction of sp³-hybridized carbons (Fsp3) is 0.333. The van der Waals surface area contributed by atoms with Gasteiger partial charge in [-0.1, -0.05) is 13.8 Å². The number of rotatable bonds is 3. The molecule has 0 atom stereocenters. The van der Waals surface area contributed by atoms with Crippen LogP contribution in [0.5, 0.6) is 5.75 Å². The number of alkyl halides is 3. The lowest BCUT2D eigenvalue weighted by Gasteiger charge is -2.11. The standard InChI is InChI=1S/C12H11F3N2O3S/c1-7(2)11-10-4-3-9(5-8(10)6-16-17-11)20-21(18,19)12(13,14)15/h3-7H,1-2H3. The predicted molar refractivity (Wildman–Crippen MR) is 69.2 cm³/mol. The smallest absolute Gasteiger partial charge is 0.376 e. The lowest BCUT2D eigenvalue weighted by molar-refractivity contribution is -0.0500. The molecule has 0 aliphatic heterocycles. The van der Waals surface area contributed by atoms with Gasteiger partial charge in [-0.2, -0.15) is 31.8 Å².